The molecule has 0 heterocycles. The molecule has 0 fully saturated rings. The van der Waals surface area contributed by atoms with Crippen molar-refractivity contribution in [3.63, 3.8) is 0 Å². The van der Waals surface area contributed by atoms with Crippen LogP contribution in [-0.4, -0.2) is 20.5 Å². The number of halogens is 2. The van der Waals surface area contributed by atoms with Crippen LogP contribution in [0.3, 0.4) is 0 Å². The third kappa shape index (κ3) is 5.22. The Kier molecular flexibility index (Phi) is 7.49. The van der Waals surface area contributed by atoms with E-state index in [4.69, 9.17) is 17.3 Å². The number of hydrogen-bond donors (Lipinski definition) is 2. The molecule has 0 bridgehead atoms. The van der Waals surface area contributed by atoms with Gasteiger partial charge in [0.1, 0.15) is 4.90 Å². The van der Waals surface area contributed by atoms with E-state index in [0.29, 0.717) is 12.3 Å². The molecule has 7 heteroatoms. The van der Waals surface area contributed by atoms with E-state index in [1.807, 2.05) is 13.8 Å². The minimum atomic E-state index is -3.67. The highest BCUT2D eigenvalue weighted by Crippen LogP contribution is 2.24. The Bertz CT molecular complexity index is 535. The van der Waals surface area contributed by atoms with Gasteiger partial charge in [-0.2, -0.15) is 0 Å². The minimum absolute atomic E-state index is 0. The van der Waals surface area contributed by atoms with Crippen LogP contribution in [0, 0.1) is 5.92 Å². The third-order valence-corrected chi connectivity index (χ3v) is 4.95. The molecule has 0 radical (unpaired) electrons. The zero-order valence-electron chi connectivity index (χ0n) is 11.9. The molecule has 1 unspecified atom stereocenters. The van der Waals surface area contributed by atoms with Crippen LogP contribution < -0.4 is 10.5 Å². The second kappa shape index (κ2) is 7.61. The lowest BCUT2D eigenvalue weighted by molar-refractivity contribution is 0.344. The minimum Gasteiger partial charge on any atom is -0.329 e. The summed E-state index contributed by atoms with van der Waals surface area (Å²) in [5.74, 6) is 0.336. The van der Waals surface area contributed by atoms with Crippen molar-refractivity contribution in [2.75, 3.05) is 6.54 Å². The molecule has 0 saturated heterocycles. The highest BCUT2D eigenvalue weighted by molar-refractivity contribution is 7.89. The van der Waals surface area contributed by atoms with Gasteiger partial charge in [-0.1, -0.05) is 37.6 Å². The van der Waals surface area contributed by atoms with Crippen LogP contribution in [0.25, 0.3) is 0 Å². The molecule has 0 amide bonds. The van der Waals surface area contributed by atoms with Crippen molar-refractivity contribution in [1.29, 1.82) is 0 Å². The summed E-state index contributed by atoms with van der Waals surface area (Å²) < 4.78 is 27.4. The van der Waals surface area contributed by atoms with Crippen molar-refractivity contribution in [3.8, 4) is 0 Å². The van der Waals surface area contributed by atoms with Gasteiger partial charge in [-0.15, -0.1) is 12.4 Å². The van der Waals surface area contributed by atoms with Gasteiger partial charge in [0, 0.05) is 12.1 Å². The first-order chi connectivity index (χ1) is 8.70. The van der Waals surface area contributed by atoms with Crippen molar-refractivity contribution < 1.29 is 8.42 Å². The van der Waals surface area contributed by atoms with Crippen LogP contribution in [0.2, 0.25) is 5.02 Å². The lowest BCUT2D eigenvalue weighted by atomic mass is 9.92. The first-order valence-corrected chi connectivity index (χ1v) is 8.05. The number of nitrogens with one attached hydrogen (secondary N) is 1. The summed E-state index contributed by atoms with van der Waals surface area (Å²) in [6.07, 6.45) is 0.660. The van der Waals surface area contributed by atoms with Crippen molar-refractivity contribution >= 4 is 34.0 Å². The van der Waals surface area contributed by atoms with Gasteiger partial charge in [-0.25, -0.2) is 13.1 Å². The van der Waals surface area contributed by atoms with Crippen molar-refractivity contribution in [1.82, 2.24) is 4.72 Å². The molecule has 3 N–H and O–H groups in total. The molecular formula is C13H22Cl2N2O2S. The predicted octanol–water partition coefficient (Wildman–Crippen LogP) is 2.80. The molecule has 0 saturated carbocycles. The third-order valence-electron chi connectivity index (χ3n) is 2.82. The standard InChI is InChI=1S/C13H21ClN2O2S.ClH/c1-10(2)8-13(3,9-15)16-19(17,18)12-7-5-4-6-11(12)14;/h4-7,10,16H,8-9,15H2,1-3H3;1H. The molecule has 1 atom stereocenters. The van der Waals surface area contributed by atoms with E-state index in [1.165, 1.54) is 6.07 Å². The average molecular weight is 341 g/mol. The van der Waals surface area contributed by atoms with E-state index in [0.717, 1.165) is 0 Å². The van der Waals surface area contributed by atoms with Crippen molar-refractivity contribution in [2.24, 2.45) is 11.7 Å². The summed E-state index contributed by atoms with van der Waals surface area (Å²) in [4.78, 5) is 0.0834. The van der Waals surface area contributed by atoms with Crippen molar-refractivity contribution in [3.05, 3.63) is 29.3 Å². The molecule has 4 nitrogen and oxygen atoms in total. The molecule has 1 aromatic rings. The maximum absolute atomic E-state index is 12.4. The normalized spacial score (nSPS) is 14.7. The Hall–Kier alpha value is -0.330. The van der Waals surface area contributed by atoms with Gasteiger partial charge in [0.2, 0.25) is 10.0 Å². The summed E-state index contributed by atoms with van der Waals surface area (Å²) in [5.41, 5.74) is 5.04. The Morgan fingerprint density at radius 3 is 2.35 bits per heavy atom. The number of hydrogen-bond acceptors (Lipinski definition) is 3. The van der Waals surface area contributed by atoms with Gasteiger partial charge in [-0.3, -0.25) is 0 Å². The summed E-state index contributed by atoms with van der Waals surface area (Å²) in [7, 11) is -3.67. The SMILES string of the molecule is CC(C)CC(C)(CN)NS(=O)(=O)c1ccccc1Cl.Cl. The number of benzene rings is 1. The quantitative estimate of drug-likeness (QED) is 0.836. The summed E-state index contributed by atoms with van der Waals surface area (Å²) in [5, 5.41) is 0.207. The fourth-order valence-electron chi connectivity index (χ4n) is 2.11. The molecule has 1 aromatic carbocycles. The van der Waals surface area contributed by atoms with Crippen LogP contribution in [-0.2, 0) is 10.0 Å². The lowest BCUT2D eigenvalue weighted by Gasteiger charge is -2.30. The molecule has 20 heavy (non-hydrogen) atoms. The van der Waals surface area contributed by atoms with Crippen LogP contribution in [0.1, 0.15) is 27.2 Å². The molecule has 0 spiro atoms. The fraction of sp³-hybridized carbons (Fsp3) is 0.538. The van der Waals surface area contributed by atoms with Crippen LogP contribution in [0.5, 0.6) is 0 Å². The van der Waals surface area contributed by atoms with Gasteiger partial charge >= 0.3 is 0 Å². The van der Waals surface area contributed by atoms with E-state index < -0.39 is 15.6 Å². The van der Waals surface area contributed by atoms with Crippen LogP contribution in [0.4, 0.5) is 0 Å². The molecule has 0 aliphatic rings. The van der Waals surface area contributed by atoms with Crippen molar-refractivity contribution in [2.45, 2.75) is 37.6 Å². The van der Waals surface area contributed by atoms with Gasteiger partial charge in [0.05, 0.1) is 5.02 Å². The van der Waals surface area contributed by atoms with E-state index in [-0.39, 0.29) is 28.9 Å². The zero-order valence-corrected chi connectivity index (χ0v) is 14.3. The Morgan fingerprint density at radius 2 is 1.90 bits per heavy atom. The second-order valence-corrected chi connectivity index (χ2v) is 7.46. The van der Waals surface area contributed by atoms with Gasteiger partial charge in [-0.05, 0) is 31.4 Å². The van der Waals surface area contributed by atoms with E-state index in [9.17, 15) is 8.42 Å². The first kappa shape index (κ1) is 19.7. The molecule has 0 aliphatic heterocycles. The molecule has 0 aliphatic carbocycles. The topological polar surface area (TPSA) is 72.2 Å². The fourth-order valence-corrected chi connectivity index (χ4v) is 4.06. The average Bonchev–Trinajstić information content (AvgIpc) is 2.27. The number of sulfonamides is 1. The predicted molar refractivity (Wildman–Crippen MR) is 85.9 cm³/mol. The second-order valence-electron chi connectivity index (χ2n) is 5.40. The highest BCUT2D eigenvalue weighted by Gasteiger charge is 2.31. The Labute approximate surface area is 132 Å². The summed E-state index contributed by atoms with van der Waals surface area (Å²) in [6.45, 7) is 6.09. The van der Waals surface area contributed by atoms with E-state index in [1.54, 1.807) is 25.1 Å². The lowest BCUT2D eigenvalue weighted by Crippen LogP contribution is -2.52. The zero-order chi connectivity index (χ0) is 14.7. The van der Waals surface area contributed by atoms with Gasteiger partial charge in [0.15, 0.2) is 0 Å². The molecular weight excluding hydrogens is 319 g/mol. The van der Waals surface area contributed by atoms with Gasteiger partial charge < -0.3 is 5.73 Å². The molecule has 116 valence electrons. The maximum atomic E-state index is 12.4. The smallest absolute Gasteiger partial charge is 0.242 e. The summed E-state index contributed by atoms with van der Waals surface area (Å²) >= 11 is 5.94. The highest BCUT2D eigenvalue weighted by atomic mass is 35.5. The molecule has 0 aromatic heterocycles. The first-order valence-electron chi connectivity index (χ1n) is 6.19. The van der Waals surface area contributed by atoms with E-state index >= 15 is 0 Å². The number of rotatable bonds is 6. The largest absolute Gasteiger partial charge is 0.329 e. The summed E-state index contributed by atoms with van der Waals surface area (Å²) in [6, 6.07) is 6.37. The maximum Gasteiger partial charge on any atom is 0.242 e. The van der Waals surface area contributed by atoms with Crippen LogP contribution in [0.15, 0.2) is 29.2 Å². The number of nitrogens with two attached hydrogens (primary N) is 1. The Morgan fingerprint density at radius 1 is 1.35 bits per heavy atom. The Balaban J connectivity index is 0.00000361. The molecule has 1 rings (SSSR count). The van der Waals surface area contributed by atoms with E-state index in [2.05, 4.69) is 4.72 Å². The van der Waals surface area contributed by atoms with Gasteiger partial charge in [0.25, 0.3) is 0 Å². The monoisotopic (exact) mass is 340 g/mol. The van der Waals surface area contributed by atoms with Crippen LogP contribution >= 0.6 is 24.0 Å².